The Labute approximate surface area is 185 Å². The lowest BCUT2D eigenvalue weighted by atomic mass is 9.97. The molecule has 5 rings (SSSR count). The average molecular weight is 463 g/mol. The zero-order valence-electron chi connectivity index (χ0n) is 17.6. The van der Waals surface area contributed by atoms with Crippen molar-refractivity contribution in [1.82, 2.24) is 9.97 Å². The van der Waals surface area contributed by atoms with E-state index in [2.05, 4.69) is 9.97 Å². The Bertz CT molecular complexity index is 1260. The van der Waals surface area contributed by atoms with Crippen LogP contribution in [0.25, 0.3) is 10.9 Å². The number of carbonyl (C=O) groups excluding carboxylic acids is 1. The minimum absolute atomic E-state index is 0.0986. The van der Waals surface area contributed by atoms with Crippen molar-refractivity contribution >= 4 is 16.8 Å². The third-order valence-electron chi connectivity index (χ3n) is 6.12. The Morgan fingerprint density at radius 1 is 1.24 bits per heavy atom. The molecule has 6 nitrogen and oxygen atoms in total. The Balaban J connectivity index is 0.000000243. The fourth-order valence-corrected chi connectivity index (χ4v) is 4.45. The van der Waals surface area contributed by atoms with Crippen LogP contribution in [0.15, 0.2) is 41.3 Å². The van der Waals surface area contributed by atoms with Gasteiger partial charge >= 0.3 is 0 Å². The van der Waals surface area contributed by atoms with Crippen molar-refractivity contribution in [3.8, 4) is 0 Å². The maximum atomic E-state index is 13.8. The zero-order valence-corrected chi connectivity index (χ0v) is 17.6. The molecule has 0 radical (unpaired) electrons. The molecule has 2 aromatic heterocycles. The summed E-state index contributed by atoms with van der Waals surface area (Å²) in [7, 11) is 0. The predicted octanol–water partition coefficient (Wildman–Crippen LogP) is 3.82. The topological polar surface area (TPSA) is 98.1 Å². The molecule has 1 saturated carbocycles. The number of nitrogens with one attached hydrogen (secondary N) is 1. The molecular formula is C23H21F4N3O3. The van der Waals surface area contributed by atoms with Crippen LogP contribution in [0.2, 0.25) is 0 Å². The molecule has 1 amide bonds. The highest BCUT2D eigenvalue weighted by molar-refractivity contribution is 6.03. The molecule has 1 saturated heterocycles. The summed E-state index contributed by atoms with van der Waals surface area (Å²) in [5.41, 5.74) is 6.09. The number of primary amides is 1. The zero-order chi connectivity index (χ0) is 23.9. The van der Waals surface area contributed by atoms with E-state index in [9.17, 15) is 27.2 Å². The number of aryl methyl sites for hydroxylation is 1. The lowest BCUT2D eigenvalue weighted by Crippen LogP contribution is -2.26. The van der Waals surface area contributed by atoms with Crippen molar-refractivity contribution in [1.29, 1.82) is 0 Å². The average Bonchev–Trinajstić information content (AvgIpc) is 3.32. The highest BCUT2D eigenvalue weighted by atomic mass is 19.3. The molecule has 2 aliphatic rings. The van der Waals surface area contributed by atoms with E-state index >= 15 is 0 Å². The summed E-state index contributed by atoms with van der Waals surface area (Å²) in [6.45, 7) is 0.995. The first-order valence-electron chi connectivity index (χ1n) is 10.3. The van der Waals surface area contributed by atoms with Gasteiger partial charge in [-0.1, -0.05) is 12.1 Å². The predicted molar refractivity (Wildman–Crippen MR) is 112 cm³/mol. The first-order valence-corrected chi connectivity index (χ1v) is 10.3. The molecule has 3 heterocycles. The van der Waals surface area contributed by atoms with E-state index in [0.29, 0.717) is 23.2 Å². The SMILES string of the molecule is Cc1cccc(F)c1F.NC(=O)c1nccc2[nH]c(C3CC4OCC(F)(F)C4C3)cc(=O)c12. The van der Waals surface area contributed by atoms with Gasteiger partial charge in [0.25, 0.3) is 11.8 Å². The second-order valence-corrected chi connectivity index (χ2v) is 8.29. The lowest BCUT2D eigenvalue weighted by molar-refractivity contribution is -0.0395. The van der Waals surface area contributed by atoms with Crippen LogP contribution in [-0.4, -0.2) is 34.5 Å². The van der Waals surface area contributed by atoms with Crippen LogP contribution in [0.4, 0.5) is 17.6 Å². The quantitative estimate of drug-likeness (QED) is 0.565. The number of fused-ring (bicyclic) bond motifs is 2. The van der Waals surface area contributed by atoms with Crippen LogP contribution in [0, 0.1) is 24.5 Å². The molecule has 174 valence electrons. The first-order chi connectivity index (χ1) is 15.6. The third kappa shape index (κ3) is 4.35. The number of aromatic amines is 1. The van der Waals surface area contributed by atoms with Crippen molar-refractivity contribution in [2.45, 2.75) is 37.7 Å². The minimum atomic E-state index is -2.82. The number of aromatic nitrogens is 2. The van der Waals surface area contributed by atoms with Crippen molar-refractivity contribution in [3.63, 3.8) is 0 Å². The first kappa shape index (κ1) is 22.9. The Kier molecular flexibility index (Phi) is 5.96. The Hall–Kier alpha value is -3.27. The highest BCUT2D eigenvalue weighted by Gasteiger charge is 2.56. The van der Waals surface area contributed by atoms with Crippen molar-refractivity contribution < 1.29 is 27.1 Å². The number of ether oxygens (including phenoxy) is 1. The van der Waals surface area contributed by atoms with E-state index < -0.39 is 47.5 Å². The summed E-state index contributed by atoms with van der Waals surface area (Å²) in [4.78, 5) is 30.7. The molecule has 1 aliphatic heterocycles. The van der Waals surface area contributed by atoms with Gasteiger partial charge in [0.15, 0.2) is 17.1 Å². The molecule has 3 aromatic rings. The normalized spacial score (nSPS) is 23.1. The molecule has 0 bridgehead atoms. The molecule has 0 spiro atoms. The number of halogens is 4. The van der Waals surface area contributed by atoms with Gasteiger partial charge in [0.2, 0.25) is 0 Å². The number of nitrogens with two attached hydrogens (primary N) is 1. The van der Waals surface area contributed by atoms with Crippen LogP contribution in [-0.2, 0) is 4.74 Å². The van der Waals surface area contributed by atoms with Crippen molar-refractivity contribution in [2.75, 3.05) is 6.61 Å². The van der Waals surface area contributed by atoms with Crippen LogP contribution < -0.4 is 11.2 Å². The van der Waals surface area contributed by atoms with Crippen molar-refractivity contribution in [2.24, 2.45) is 11.7 Å². The standard InChI is InChI=1S/C16H15F2N3O3.C7H6F2/c17-16(18)6-24-12-4-7(3-8(12)16)10-5-11(22)13-9(21-10)1-2-20-14(13)15(19)23;1-5-3-2-4-6(8)7(5)9/h1-2,5,7-8,12H,3-4,6H2,(H2,19,23)(H,21,22);2-4H,1H3. The van der Waals surface area contributed by atoms with E-state index in [4.69, 9.17) is 10.5 Å². The summed E-state index contributed by atoms with van der Waals surface area (Å²) in [6, 6.07) is 7.02. The second-order valence-electron chi connectivity index (χ2n) is 8.29. The summed E-state index contributed by atoms with van der Waals surface area (Å²) >= 11 is 0. The Morgan fingerprint density at radius 2 is 2.00 bits per heavy atom. The van der Waals surface area contributed by atoms with Gasteiger partial charge in [-0.05, 0) is 37.5 Å². The minimum Gasteiger partial charge on any atom is -0.371 e. The van der Waals surface area contributed by atoms with Crippen LogP contribution in [0.5, 0.6) is 0 Å². The largest absolute Gasteiger partial charge is 0.371 e. The van der Waals surface area contributed by atoms with E-state index in [1.807, 2.05) is 0 Å². The number of benzene rings is 1. The monoisotopic (exact) mass is 463 g/mol. The fourth-order valence-electron chi connectivity index (χ4n) is 4.45. The highest BCUT2D eigenvalue weighted by Crippen LogP contribution is 2.50. The molecule has 1 aliphatic carbocycles. The summed E-state index contributed by atoms with van der Waals surface area (Å²) in [6.07, 6.45) is 1.59. The molecule has 10 heteroatoms. The number of alkyl halides is 2. The maximum absolute atomic E-state index is 13.8. The molecular weight excluding hydrogens is 442 g/mol. The van der Waals surface area contributed by atoms with E-state index in [1.54, 1.807) is 6.07 Å². The lowest BCUT2D eigenvalue weighted by Gasteiger charge is -2.16. The number of carbonyl (C=O) groups is 1. The summed E-state index contributed by atoms with van der Waals surface area (Å²) < 4.78 is 57.4. The van der Waals surface area contributed by atoms with Gasteiger partial charge in [0.05, 0.1) is 22.9 Å². The van der Waals surface area contributed by atoms with Gasteiger partial charge in [-0.3, -0.25) is 14.6 Å². The molecule has 3 atom stereocenters. The van der Waals surface area contributed by atoms with E-state index in [1.165, 1.54) is 31.3 Å². The van der Waals surface area contributed by atoms with Gasteiger partial charge < -0.3 is 15.5 Å². The maximum Gasteiger partial charge on any atom is 0.276 e. The molecule has 3 N–H and O–H groups in total. The van der Waals surface area contributed by atoms with Gasteiger partial charge in [0.1, 0.15) is 12.3 Å². The number of nitrogens with zero attached hydrogens (tertiary/aromatic N) is 1. The number of hydrogen-bond donors (Lipinski definition) is 2. The number of amides is 1. The van der Waals surface area contributed by atoms with Gasteiger partial charge in [0, 0.05) is 23.9 Å². The van der Waals surface area contributed by atoms with E-state index in [-0.39, 0.29) is 23.4 Å². The Morgan fingerprint density at radius 3 is 2.64 bits per heavy atom. The summed E-state index contributed by atoms with van der Waals surface area (Å²) in [5, 5.41) is 0.119. The fraction of sp³-hybridized carbons (Fsp3) is 0.348. The van der Waals surface area contributed by atoms with E-state index in [0.717, 1.165) is 6.07 Å². The van der Waals surface area contributed by atoms with Gasteiger partial charge in [-0.15, -0.1) is 0 Å². The van der Waals surface area contributed by atoms with Crippen molar-refractivity contribution in [3.05, 3.63) is 75.3 Å². The molecule has 1 aromatic carbocycles. The third-order valence-corrected chi connectivity index (χ3v) is 6.12. The summed E-state index contributed by atoms with van der Waals surface area (Å²) in [5.74, 6) is -6.18. The van der Waals surface area contributed by atoms with Gasteiger partial charge in [-0.25, -0.2) is 17.6 Å². The number of hydrogen-bond acceptors (Lipinski definition) is 4. The number of rotatable bonds is 2. The molecule has 2 fully saturated rings. The number of pyridine rings is 2. The molecule has 3 unspecified atom stereocenters. The smallest absolute Gasteiger partial charge is 0.276 e. The van der Waals surface area contributed by atoms with Crippen LogP contribution >= 0.6 is 0 Å². The second kappa shape index (κ2) is 8.58. The van der Waals surface area contributed by atoms with Crippen LogP contribution in [0.1, 0.15) is 40.5 Å². The van der Waals surface area contributed by atoms with Gasteiger partial charge in [-0.2, -0.15) is 0 Å². The van der Waals surface area contributed by atoms with Crippen LogP contribution in [0.3, 0.4) is 0 Å². The molecule has 33 heavy (non-hydrogen) atoms. The number of H-pyrrole nitrogens is 1.